The van der Waals surface area contributed by atoms with Crippen LogP contribution in [-0.4, -0.2) is 102 Å². The third-order valence-corrected chi connectivity index (χ3v) is 8.55. The van der Waals surface area contributed by atoms with E-state index in [4.69, 9.17) is 10.1 Å². The highest BCUT2D eigenvalue weighted by Crippen LogP contribution is 2.30. The van der Waals surface area contributed by atoms with Gasteiger partial charge in [0, 0.05) is 63.8 Å². The molecule has 0 spiro atoms. The number of imidazole rings is 1. The lowest BCUT2D eigenvalue weighted by Crippen LogP contribution is -2.52. The fourth-order valence-corrected chi connectivity index (χ4v) is 6.04. The second-order valence-electron chi connectivity index (χ2n) is 10.7. The van der Waals surface area contributed by atoms with Gasteiger partial charge in [-0.3, -0.25) is 9.69 Å². The summed E-state index contributed by atoms with van der Waals surface area (Å²) in [5.74, 6) is 1.01. The smallest absolute Gasteiger partial charge is 0.225 e. The van der Waals surface area contributed by atoms with E-state index >= 15 is 0 Å². The molecule has 2 aliphatic rings. The molecule has 9 heteroatoms. The van der Waals surface area contributed by atoms with Crippen LogP contribution in [0.25, 0.3) is 16.2 Å². The van der Waals surface area contributed by atoms with Crippen LogP contribution in [0.3, 0.4) is 0 Å². The Bertz CT molecular complexity index is 1120. The second kappa shape index (κ2) is 10.9. The van der Waals surface area contributed by atoms with Crippen molar-refractivity contribution in [3.8, 4) is 11.3 Å². The molecule has 0 unspecified atom stereocenters. The fraction of sp³-hybridized carbons (Fsp3) is 0.593. The molecule has 0 aliphatic carbocycles. The first kappa shape index (κ1) is 25.2. The standard InChI is InChI=1S/C27H39N7OS/c1-20(2)21-5-7-22(8-6-21)24-19-34-26(28-24)36-27(29-34)33-11-9-23(10-12-33)25(35)32-17-15-31(16-18-32)14-13-30(3)4/h5-8,19-20,23H,9-18H2,1-4H3. The number of hydrogen-bond acceptors (Lipinski definition) is 7. The van der Waals surface area contributed by atoms with Crippen LogP contribution in [0.1, 0.15) is 38.2 Å². The molecule has 1 amide bonds. The van der Waals surface area contributed by atoms with E-state index in [1.54, 1.807) is 11.3 Å². The molecule has 2 aromatic heterocycles. The average Bonchev–Trinajstić information content (AvgIpc) is 3.47. The molecule has 0 N–H and O–H groups in total. The van der Waals surface area contributed by atoms with Crippen LogP contribution in [-0.2, 0) is 4.79 Å². The highest BCUT2D eigenvalue weighted by molar-refractivity contribution is 7.20. The van der Waals surface area contributed by atoms with Crippen LogP contribution in [0, 0.1) is 5.92 Å². The largest absolute Gasteiger partial charge is 0.347 e. The van der Waals surface area contributed by atoms with Gasteiger partial charge in [-0.1, -0.05) is 49.4 Å². The first-order valence-electron chi connectivity index (χ1n) is 13.2. The highest BCUT2D eigenvalue weighted by Gasteiger charge is 2.31. The number of fused-ring (bicyclic) bond motifs is 1. The molecular formula is C27H39N7OS. The number of aromatic nitrogens is 3. The number of carbonyl (C=O) groups excluding carboxylic acids is 1. The van der Waals surface area contributed by atoms with Gasteiger partial charge in [0.05, 0.1) is 11.9 Å². The molecule has 194 valence electrons. The molecule has 2 saturated heterocycles. The zero-order valence-corrected chi connectivity index (χ0v) is 22.9. The van der Waals surface area contributed by atoms with E-state index in [0.717, 1.165) is 86.5 Å². The highest BCUT2D eigenvalue weighted by atomic mass is 32.1. The van der Waals surface area contributed by atoms with Crippen molar-refractivity contribution in [2.24, 2.45) is 5.92 Å². The molecule has 2 fully saturated rings. The minimum Gasteiger partial charge on any atom is -0.347 e. The van der Waals surface area contributed by atoms with Gasteiger partial charge >= 0.3 is 0 Å². The molecule has 0 atom stereocenters. The van der Waals surface area contributed by atoms with Gasteiger partial charge < -0.3 is 14.7 Å². The Morgan fingerprint density at radius 2 is 1.75 bits per heavy atom. The number of likely N-dealkylation sites (N-methyl/N-ethyl adjacent to an activating group) is 1. The predicted molar refractivity (Wildman–Crippen MR) is 147 cm³/mol. The molecule has 36 heavy (non-hydrogen) atoms. The fourth-order valence-electron chi connectivity index (χ4n) is 5.10. The van der Waals surface area contributed by atoms with E-state index in [1.807, 2.05) is 10.7 Å². The van der Waals surface area contributed by atoms with Crippen molar-refractivity contribution in [3.05, 3.63) is 36.0 Å². The second-order valence-corrected chi connectivity index (χ2v) is 11.7. The van der Waals surface area contributed by atoms with E-state index in [0.29, 0.717) is 11.8 Å². The predicted octanol–water partition coefficient (Wildman–Crippen LogP) is 3.50. The van der Waals surface area contributed by atoms with Crippen molar-refractivity contribution in [3.63, 3.8) is 0 Å². The van der Waals surface area contributed by atoms with Crippen molar-refractivity contribution < 1.29 is 4.79 Å². The number of rotatable bonds is 7. The minimum absolute atomic E-state index is 0.138. The Hall–Kier alpha value is -2.49. The number of benzene rings is 1. The van der Waals surface area contributed by atoms with E-state index < -0.39 is 0 Å². The van der Waals surface area contributed by atoms with Crippen molar-refractivity contribution in [1.82, 2.24) is 29.3 Å². The van der Waals surface area contributed by atoms with Crippen molar-refractivity contribution in [2.45, 2.75) is 32.6 Å². The van der Waals surface area contributed by atoms with Gasteiger partial charge in [-0.25, -0.2) is 9.50 Å². The van der Waals surface area contributed by atoms with Gasteiger partial charge in [-0.05, 0) is 38.4 Å². The maximum atomic E-state index is 13.2. The minimum atomic E-state index is 0.138. The van der Waals surface area contributed by atoms with Gasteiger partial charge in [0.15, 0.2) is 0 Å². The molecule has 5 rings (SSSR count). The molecule has 0 radical (unpaired) electrons. The van der Waals surface area contributed by atoms with Crippen LogP contribution in [0.4, 0.5) is 5.13 Å². The lowest BCUT2D eigenvalue weighted by molar-refractivity contribution is -0.138. The number of anilines is 1. The number of piperazine rings is 1. The number of carbonyl (C=O) groups is 1. The van der Waals surface area contributed by atoms with Gasteiger partial charge in [-0.15, -0.1) is 5.10 Å². The number of nitrogens with zero attached hydrogens (tertiary/aromatic N) is 7. The van der Waals surface area contributed by atoms with Gasteiger partial charge in [0.1, 0.15) is 0 Å². The summed E-state index contributed by atoms with van der Waals surface area (Å²) < 4.78 is 1.90. The third kappa shape index (κ3) is 5.58. The quantitative estimate of drug-likeness (QED) is 0.486. The van der Waals surface area contributed by atoms with Crippen LogP contribution < -0.4 is 4.90 Å². The maximum absolute atomic E-state index is 13.2. The van der Waals surface area contributed by atoms with E-state index in [1.165, 1.54) is 5.56 Å². The van der Waals surface area contributed by atoms with E-state index in [-0.39, 0.29) is 5.92 Å². The number of hydrogen-bond donors (Lipinski definition) is 0. The molecule has 4 heterocycles. The Labute approximate surface area is 218 Å². The molecule has 0 saturated carbocycles. The Kier molecular flexibility index (Phi) is 7.60. The van der Waals surface area contributed by atoms with Crippen molar-refractivity contribution in [1.29, 1.82) is 0 Å². The SMILES string of the molecule is CC(C)c1ccc(-c2cn3nc(N4CCC(C(=O)N5CCN(CCN(C)C)CC5)CC4)sc3n2)cc1. The van der Waals surface area contributed by atoms with Crippen LogP contribution in [0.15, 0.2) is 30.5 Å². The first-order chi connectivity index (χ1) is 17.4. The third-order valence-electron chi connectivity index (χ3n) is 7.57. The van der Waals surface area contributed by atoms with E-state index in [2.05, 4.69) is 71.8 Å². The van der Waals surface area contributed by atoms with Gasteiger partial charge in [0.2, 0.25) is 16.0 Å². The molecular weight excluding hydrogens is 470 g/mol. The van der Waals surface area contributed by atoms with Crippen molar-refractivity contribution in [2.75, 3.05) is 71.4 Å². The Balaban J connectivity index is 1.13. The molecule has 8 nitrogen and oxygen atoms in total. The van der Waals surface area contributed by atoms with Crippen LogP contribution >= 0.6 is 11.3 Å². The first-order valence-corrected chi connectivity index (χ1v) is 14.1. The number of amides is 1. The van der Waals surface area contributed by atoms with Crippen LogP contribution in [0.2, 0.25) is 0 Å². The zero-order valence-electron chi connectivity index (χ0n) is 22.1. The lowest BCUT2D eigenvalue weighted by Gasteiger charge is -2.38. The number of piperidine rings is 1. The Morgan fingerprint density at radius 1 is 1.06 bits per heavy atom. The lowest BCUT2D eigenvalue weighted by atomic mass is 9.95. The molecule has 1 aromatic carbocycles. The summed E-state index contributed by atoms with van der Waals surface area (Å²) in [4.78, 5) is 28.0. The summed E-state index contributed by atoms with van der Waals surface area (Å²) in [6, 6.07) is 8.66. The molecule has 0 bridgehead atoms. The van der Waals surface area contributed by atoms with Gasteiger partial charge in [0.25, 0.3) is 0 Å². The molecule has 2 aliphatic heterocycles. The monoisotopic (exact) mass is 509 g/mol. The zero-order chi connectivity index (χ0) is 25.2. The van der Waals surface area contributed by atoms with E-state index in [9.17, 15) is 4.79 Å². The average molecular weight is 510 g/mol. The summed E-state index contributed by atoms with van der Waals surface area (Å²) >= 11 is 1.63. The summed E-state index contributed by atoms with van der Waals surface area (Å²) in [6.45, 7) is 12.0. The normalized spacial score (nSPS) is 18.2. The van der Waals surface area contributed by atoms with Crippen molar-refractivity contribution >= 4 is 27.3 Å². The summed E-state index contributed by atoms with van der Waals surface area (Å²) in [7, 11) is 4.22. The topological polar surface area (TPSA) is 60.2 Å². The summed E-state index contributed by atoms with van der Waals surface area (Å²) in [5.41, 5.74) is 3.42. The van der Waals surface area contributed by atoms with Crippen LogP contribution in [0.5, 0.6) is 0 Å². The summed E-state index contributed by atoms with van der Waals surface area (Å²) in [6.07, 6.45) is 3.82. The maximum Gasteiger partial charge on any atom is 0.225 e. The van der Waals surface area contributed by atoms with Gasteiger partial charge in [-0.2, -0.15) is 0 Å². The summed E-state index contributed by atoms with van der Waals surface area (Å²) in [5, 5.41) is 5.82. The molecule has 3 aromatic rings. The Morgan fingerprint density at radius 3 is 2.36 bits per heavy atom.